The van der Waals surface area contributed by atoms with Crippen LogP contribution in [0.1, 0.15) is 31.4 Å². The molecule has 0 saturated heterocycles. The third-order valence-electron chi connectivity index (χ3n) is 4.82. The Morgan fingerprint density at radius 1 is 1.21 bits per heavy atom. The van der Waals surface area contributed by atoms with Gasteiger partial charge in [0.15, 0.2) is 0 Å². The summed E-state index contributed by atoms with van der Waals surface area (Å²) >= 11 is 0. The summed E-state index contributed by atoms with van der Waals surface area (Å²) in [6.07, 6.45) is 1.67. The summed E-state index contributed by atoms with van der Waals surface area (Å²) in [5, 5.41) is 2.76. The minimum atomic E-state index is -3.83. The number of anilines is 2. The highest BCUT2D eigenvalue weighted by atomic mass is 32.2. The number of carbonyl (C=O) groups is 1. The van der Waals surface area contributed by atoms with Gasteiger partial charge in [0.2, 0.25) is 5.91 Å². The zero-order chi connectivity index (χ0) is 19.9. The molecule has 1 atom stereocenters. The fraction of sp³-hybridized carbons (Fsp3) is 0.350. The molecule has 0 spiro atoms. The number of amides is 1. The lowest BCUT2D eigenvalue weighted by Crippen LogP contribution is -2.20. The van der Waals surface area contributed by atoms with Gasteiger partial charge in [0, 0.05) is 30.2 Å². The second-order valence-corrected chi connectivity index (χ2v) is 8.68. The van der Waals surface area contributed by atoms with E-state index in [9.17, 15) is 13.2 Å². The topological polar surface area (TPSA) is 93.7 Å². The van der Waals surface area contributed by atoms with Gasteiger partial charge in [-0.3, -0.25) is 9.52 Å². The van der Waals surface area contributed by atoms with E-state index in [0.29, 0.717) is 42.3 Å². The number of carbonyl (C=O) groups excluding carboxylic acids is 1. The van der Waals surface area contributed by atoms with Crippen LogP contribution in [0.25, 0.3) is 0 Å². The lowest BCUT2D eigenvalue weighted by molar-refractivity contribution is -0.116. The molecule has 1 amide bonds. The maximum Gasteiger partial charge on any atom is 0.262 e. The average molecular weight is 402 g/mol. The van der Waals surface area contributed by atoms with Crippen molar-refractivity contribution in [2.45, 2.75) is 44.1 Å². The summed E-state index contributed by atoms with van der Waals surface area (Å²) < 4.78 is 40.0. The second-order valence-electron chi connectivity index (χ2n) is 6.99. The average Bonchev–Trinajstić information content (AvgIpc) is 3.00. The summed E-state index contributed by atoms with van der Waals surface area (Å²) in [6.45, 7) is 4.24. The van der Waals surface area contributed by atoms with Crippen molar-refractivity contribution < 1.29 is 22.7 Å². The van der Waals surface area contributed by atoms with E-state index in [-0.39, 0.29) is 16.9 Å². The van der Waals surface area contributed by atoms with Crippen molar-refractivity contribution in [1.29, 1.82) is 0 Å². The second kappa shape index (κ2) is 7.01. The maximum absolute atomic E-state index is 13.0. The molecule has 7 nitrogen and oxygen atoms in total. The smallest absolute Gasteiger partial charge is 0.262 e. The van der Waals surface area contributed by atoms with Gasteiger partial charge in [0.05, 0.1) is 17.2 Å². The predicted octanol–water partition coefficient (Wildman–Crippen LogP) is 3.09. The molecular weight excluding hydrogens is 380 g/mol. The predicted molar refractivity (Wildman–Crippen MR) is 106 cm³/mol. The van der Waals surface area contributed by atoms with Crippen LogP contribution in [0.3, 0.4) is 0 Å². The van der Waals surface area contributed by atoms with Crippen LogP contribution >= 0.6 is 0 Å². The molecule has 2 aliphatic heterocycles. The van der Waals surface area contributed by atoms with Crippen molar-refractivity contribution in [3.05, 3.63) is 41.5 Å². The molecule has 8 heteroatoms. The Morgan fingerprint density at radius 3 is 2.82 bits per heavy atom. The summed E-state index contributed by atoms with van der Waals surface area (Å²) in [5.74, 6) is 1.09. The van der Waals surface area contributed by atoms with E-state index in [1.54, 1.807) is 18.2 Å². The number of nitrogens with one attached hydrogen (secondary N) is 2. The van der Waals surface area contributed by atoms with Gasteiger partial charge < -0.3 is 14.8 Å². The van der Waals surface area contributed by atoms with Crippen LogP contribution in [0, 0.1) is 0 Å². The molecule has 0 unspecified atom stereocenters. The van der Waals surface area contributed by atoms with E-state index in [1.807, 2.05) is 19.9 Å². The van der Waals surface area contributed by atoms with Gasteiger partial charge in [0.25, 0.3) is 10.0 Å². The van der Waals surface area contributed by atoms with Crippen molar-refractivity contribution in [3.63, 3.8) is 0 Å². The van der Waals surface area contributed by atoms with Gasteiger partial charge >= 0.3 is 0 Å². The molecule has 2 aliphatic rings. The van der Waals surface area contributed by atoms with E-state index >= 15 is 0 Å². The molecule has 0 aromatic heterocycles. The Labute approximate surface area is 164 Å². The van der Waals surface area contributed by atoms with E-state index in [1.165, 1.54) is 6.07 Å². The molecular formula is C20H22N2O5S. The first-order valence-electron chi connectivity index (χ1n) is 9.27. The number of rotatable bonds is 5. The van der Waals surface area contributed by atoms with E-state index in [4.69, 9.17) is 9.47 Å². The Bertz CT molecular complexity index is 1050. The molecule has 2 N–H and O–H groups in total. The summed E-state index contributed by atoms with van der Waals surface area (Å²) in [4.78, 5) is 11.6. The Kier molecular flexibility index (Phi) is 4.66. The highest BCUT2D eigenvalue weighted by Crippen LogP contribution is 2.39. The summed E-state index contributed by atoms with van der Waals surface area (Å²) in [5.41, 5.74) is 2.81. The first-order valence-corrected chi connectivity index (χ1v) is 10.8. The minimum Gasteiger partial charge on any atom is -0.492 e. The number of sulfonamides is 1. The van der Waals surface area contributed by atoms with Gasteiger partial charge in [-0.1, -0.05) is 0 Å². The molecule has 4 rings (SSSR count). The largest absolute Gasteiger partial charge is 0.492 e. The minimum absolute atomic E-state index is 0.0483. The molecule has 28 heavy (non-hydrogen) atoms. The highest BCUT2D eigenvalue weighted by molar-refractivity contribution is 7.92. The van der Waals surface area contributed by atoms with Crippen LogP contribution in [-0.4, -0.2) is 27.0 Å². The van der Waals surface area contributed by atoms with Crippen LogP contribution in [0.2, 0.25) is 0 Å². The summed E-state index contributed by atoms with van der Waals surface area (Å²) in [6, 6.07) is 8.23. The van der Waals surface area contributed by atoms with Crippen molar-refractivity contribution in [3.8, 4) is 11.5 Å². The number of hydrogen-bond donors (Lipinski definition) is 2. The standard InChI is InChI=1S/C20H22N2O5S/c1-3-26-19-10-14-8-12(2)27-18(14)11-17(19)22-28(24,25)15-5-6-16-13(9-15)4-7-20(23)21-16/h5-6,9-12,22H,3-4,7-8H2,1-2H3,(H,21,23)/t12-/m1/s1. The van der Waals surface area contributed by atoms with Gasteiger partial charge in [0.1, 0.15) is 17.6 Å². The number of aryl methyl sites for hydroxylation is 1. The van der Waals surface area contributed by atoms with Crippen molar-refractivity contribution in [2.24, 2.45) is 0 Å². The molecule has 2 aromatic carbocycles. The first-order chi connectivity index (χ1) is 13.4. The van der Waals surface area contributed by atoms with Crippen LogP contribution in [0.15, 0.2) is 35.2 Å². The molecule has 2 heterocycles. The van der Waals surface area contributed by atoms with Crippen molar-refractivity contribution in [1.82, 2.24) is 0 Å². The number of fused-ring (bicyclic) bond motifs is 2. The monoisotopic (exact) mass is 402 g/mol. The van der Waals surface area contributed by atoms with Crippen molar-refractivity contribution >= 4 is 27.3 Å². The number of ether oxygens (including phenoxy) is 2. The molecule has 0 saturated carbocycles. The van der Waals surface area contributed by atoms with E-state index in [2.05, 4.69) is 10.0 Å². The lowest BCUT2D eigenvalue weighted by Gasteiger charge is -2.18. The van der Waals surface area contributed by atoms with Gasteiger partial charge in [-0.25, -0.2) is 8.42 Å². The number of benzene rings is 2. The zero-order valence-electron chi connectivity index (χ0n) is 15.7. The van der Waals surface area contributed by atoms with Crippen LogP contribution < -0.4 is 19.5 Å². The van der Waals surface area contributed by atoms with Crippen LogP contribution in [0.4, 0.5) is 11.4 Å². The molecule has 0 aliphatic carbocycles. The van der Waals surface area contributed by atoms with Gasteiger partial charge in [-0.15, -0.1) is 0 Å². The first kappa shape index (κ1) is 18.6. The molecule has 0 fully saturated rings. The Balaban J connectivity index is 1.67. The lowest BCUT2D eigenvalue weighted by atomic mass is 10.0. The zero-order valence-corrected chi connectivity index (χ0v) is 16.6. The summed E-state index contributed by atoms with van der Waals surface area (Å²) in [7, 11) is -3.83. The number of hydrogen-bond acceptors (Lipinski definition) is 5. The quantitative estimate of drug-likeness (QED) is 0.802. The molecule has 148 valence electrons. The molecule has 0 bridgehead atoms. The van der Waals surface area contributed by atoms with Crippen molar-refractivity contribution in [2.75, 3.05) is 16.6 Å². The normalized spacial score (nSPS) is 17.9. The molecule has 2 aromatic rings. The van der Waals surface area contributed by atoms with E-state index < -0.39 is 10.0 Å². The van der Waals surface area contributed by atoms with Crippen LogP contribution in [-0.2, 0) is 27.7 Å². The third kappa shape index (κ3) is 3.52. The van der Waals surface area contributed by atoms with E-state index in [0.717, 1.165) is 17.5 Å². The highest BCUT2D eigenvalue weighted by Gasteiger charge is 2.25. The van der Waals surface area contributed by atoms with Gasteiger partial charge in [-0.2, -0.15) is 0 Å². The molecule has 0 radical (unpaired) electrons. The Morgan fingerprint density at radius 2 is 2.04 bits per heavy atom. The maximum atomic E-state index is 13.0. The fourth-order valence-electron chi connectivity index (χ4n) is 3.52. The third-order valence-corrected chi connectivity index (χ3v) is 6.19. The Hall–Kier alpha value is -2.74. The SMILES string of the molecule is CCOc1cc2c(cc1NS(=O)(=O)c1ccc3c(c1)CCC(=O)N3)O[C@H](C)C2. The van der Waals surface area contributed by atoms with Gasteiger partial charge in [-0.05, 0) is 50.1 Å². The fourth-order valence-corrected chi connectivity index (χ4v) is 4.64. The van der Waals surface area contributed by atoms with Crippen LogP contribution in [0.5, 0.6) is 11.5 Å².